The van der Waals surface area contributed by atoms with Crippen LogP contribution >= 0.6 is 24.0 Å². The van der Waals surface area contributed by atoms with Crippen LogP contribution in [0.3, 0.4) is 0 Å². The molecule has 0 bridgehead atoms. The predicted molar refractivity (Wildman–Crippen MR) is 144 cm³/mol. The zero-order chi connectivity index (χ0) is 24.2. The third kappa shape index (κ3) is 5.10. The summed E-state index contributed by atoms with van der Waals surface area (Å²) in [4.78, 5) is 15.3. The van der Waals surface area contributed by atoms with E-state index < -0.39 is 0 Å². The summed E-state index contributed by atoms with van der Waals surface area (Å²) in [7, 11) is 0. The van der Waals surface area contributed by atoms with Crippen molar-refractivity contribution < 1.29 is 9.53 Å². The Hall–Kier alpha value is -2.90. The van der Waals surface area contributed by atoms with Crippen molar-refractivity contribution in [1.29, 1.82) is 0 Å². The van der Waals surface area contributed by atoms with E-state index in [2.05, 4.69) is 13.0 Å². The van der Waals surface area contributed by atoms with Gasteiger partial charge in [-0.25, -0.2) is 4.68 Å². The number of ether oxygens (including phenoxy) is 1. The van der Waals surface area contributed by atoms with Gasteiger partial charge in [-0.15, -0.1) is 0 Å². The number of aryl methyl sites for hydroxylation is 1. The predicted octanol–water partition coefficient (Wildman–Crippen LogP) is 6.64. The number of para-hydroxylation sites is 1. The van der Waals surface area contributed by atoms with Gasteiger partial charge in [0.05, 0.1) is 17.2 Å². The van der Waals surface area contributed by atoms with Crippen LogP contribution in [0.2, 0.25) is 0 Å². The summed E-state index contributed by atoms with van der Waals surface area (Å²) < 4.78 is 8.38. The maximum absolute atomic E-state index is 13.0. The molecule has 5 nitrogen and oxygen atoms in total. The molecule has 0 aliphatic carbocycles. The molecule has 3 aromatic rings. The number of hydrogen-bond donors (Lipinski definition) is 0. The third-order valence-electron chi connectivity index (χ3n) is 5.59. The molecule has 4 rings (SSSR count). The van der Waals surface area contributed by atoms with Crippen molar-refractivity contribution in [2.24, 2.45) is 0 Å². The second-order valence-corrected chi connectivity index (χ2v) is 10.2. The SMILES string of the molecule is CCCCOc1ccc(-c2nn(-c3ccccc3)cc2/C=C2\SC(=S)N(C(C)C)C2=O)cc1C. The van der Waals surface area contributed by atoms with Gasteiger partial charge in [-0.2, -0.15) is 5.10 Å². The summed E-state index contributed by atoms with van der Waals surface area (Å²) in [5.41, 5.74) is 4.66. The molecule has 1 saturated heterocycles. The highest BCUT2D eigenvalue weighted by molar-refractivity contribution is 8.26. The van der Waals surface area contributed by atoms with Gasteiger partial charge in [-0.1, -0.05) is 55.5 Å². The Kier molecular flexibility index (Phi) is 7.54. The van der Waals surface area contributed by atoms with Gasteiger partial charge >= 0.3 is 0 Å². The van der Waals surface area contributed by atoms with Gasteiger partial charge in [0.1, 0.15) is 15.8 Å². The van der Waals surface area contributed by atoms with Crippen LogP contribution in [0, 0.1) is 6.92 Å². The molecule has 1 aromatic heterocycles. The van der Waals surface area contributed by atoms with Gasteiger partial charge < -0.3 is 4.74 Å². The number of unbranched alkanes of at least 4 members (excludes halogenated alkanes) is 1. The lowest BCUT2D eigenvalue weighted by Gasteiger charge is -2.18. The van der Waals surface area contributed by atoms with Crippen LogP contribution < -0.4 is 4.74 Å². The Morgan fingerprint density at radius 3 is 2.59 bits per heavy atom. The van der Waals surface area contributed by atoms with E-state index in [1.807, 2.05) is 80.2 Å². The Morgan fingerprint density at radius 2 is 1.94 bits per heavy atom. The number of amides is 1. The van der Waals surface area contributed by atoms with Crippen molar-refractivity contribution in [2.45, 2.75) is 46.6 Å². The molecule has 1 aliphatic rings. The number of benzene rings is 2. The van der Waals surface area contributed by atoms with E-state index in [1.165, 1.54) is 11.8 Å². The second-order valence-electron chi connectivity index (χ2n) is 8.54. The van der Waals surface area contributed by atoms with Gasteiger partial charge in [-0.05, 0) is 69.2 Å². The first-order chi connectivity index (χ1) is 16.4. The summed E-state index contributed by atoms with van der Waals surface area (Å²) in [6.45, 7) is 8.85. The number of aromatic nitrogens is 2. The largest absolute Gasteiger partial charge is 0.493 e. The van der Waals surface area contributed by atoms with Crippen molar-refractivity contribution in [2.75, 3.05) is 6.61 Å². The number of nitrogens with zero attached hydrogens (tertiary/aromatic N) is 3. The minimum atomic E-state index is -0.0562. The molecule has 1 fully saturated rings. The number of thioether (sulfide) groups is 1. The second kappa shape index (κ2) is 10.6. The lowest BCUT2D eigenvalue weighted by Crippen LogP contribution is -2.34. The minimum Gasteiger partial charge on any atom is -0.493 e. The fraction of sp³-hybridized carbons (Fsp3) is 0.296. The van der Waals surface area contributed by atoms with Crippen LogP contribution in [-0.2, 0) is 4.79 Å². The van der Waals surface area contributed by atoms with Crippen molar-refractivity contribution >= 4 is 40.3 Å². The van der Waals surface area contributed by atoms with E-state index in [0.717, 1.165) is 46.7 Å². The van der Waals surface area contributed by atoms with Crippen molar-refractivity contribution in [3.8, 4) is 22.7 Å². The maximum atomic E-state index is 13.0. The van der Waals surface area contributed by atoms with Gasteiger partial charge in [0.25, 0.3) is 5.91 Å². The minimum absolute atomic E-state index is 0.0211. The quantitative estimate of drug-likeness (QED) is 0.201. The summed E-state index contributed by atoms with van der Waals surface area (Å²) in [5.74, 6) is 0.832. The van der Waals surface area contributed by atoms with Gasteiger partial charge in [-0.3, -0.25) is 9.69 Å². The van der Waals surface area contributed by atoms with E-state index in [-0.39, 0.29) is 11.9 Å². The fourth-order valence-electron chi connectivity index (χ4n) is 3.78. The van der Waals surface area contributed by atoms with Crippen LogP contribution in [0.4, 0.5) is 0 Å². The molecule has 1 amide bonds. The molecule has 34 heavy (non-hydrogen) atoms. The molecule has 0 unspecified atom stereocenters. The van der Waals surface area contributed by atoms with Crippen LogP contribution in [0.1, 0.15) is 44.7 Å². The van der Waals surface area contributed by atoms with E-state index in [0.29, 0.717) is 15.8 Å². The molecule has 2 aromatic carbocycles. The molecule has 7 heteroatoms. The van der Waals surface area contributed by atoms with Gasteiger partial charge in [0.15, 0.2) is 0 Å². The fourth-order valence-corrected chi connectivity index (χ4v) is 5.30. The smallest absolute Gasteiger partial charge is 0.266 e. The lowest BCUT2D eigenvalue weighted by molar-refractivity contribution is -0.123. The molecule has 176 valence electrons. The Bertz CT molecular complexity index is 1230. The highest BCUT2D eigenvalue weighted by Gasteiger charge is 2.34. The standard InChI is InChI=1S/C27H29N3O2S2/c1-5-6-14-32-23-13-12-20(15-19(23)4)25-21(17-29(28-25)22-10-8-7-9-11-22)16-24-26(31)30(18(2)3)27(33)34-24/h7-13,15-18H,5-6,14H2,1-4H3/b24-16-. The summed E-state index contributed by atoms with van der Waals surface area (Å²) in [6.07, 6.45) is 6.00. The van der Waals surface area contributed by atoms with E-state index >= 15 is 0 Å². The highest BCUT2D eigenvalue weighted by atomic mass is 32.2. The topological polar surface area (TPSA) is 47.4 Å². The van der Waals surface area contributed by atoms with Gasteiger partial charge in [0.2, 0.25) is 0 Å². The Labute approximate surface area is 210 Å². The van der Waals surface area contributed by atoms with Crippen LogP contribution in [0.15, 0.2) is 59.6 Å². The average Bonchev–Trinajstić information content (AvgIpc) is 3.36. The number of carbonyl (C=O) groups excluding carboxylic acids is 1. The first-order valence-electron chi connectivity index (χ1n) is 11.5. The van der Waals surface area contributed by atoms with E-state index in [9.17, 15) is 4.79 Å². The summed E-state index contributed by atoms with van der Waals surface area (Å²) in [5, 5.41) is 4.90. The normalized spacial score (nSPS) is 15.1. The van der Waals surface area contributed by atoms with Crippen molar-refractivity contribution in [3.63, 3.8) is 0 Å². The Balaban J connectivity index is 1.75. The highest BCUT2D eigenvalue weighted by Crippen LogP contribution is 2.36. The molecule has 1 aliphatic heterocycles. The number of rotatable bonds is 8. The van der Waals surface area contributed by atoms with Crippen LogP contribution in [0.5, 0.6) is 5.75 Å². The monoisotopic (exact) mass is 491 g/mol. The van der Waals surface area contributed by atoms with E-state index in [4.69, 9.17) is 22.1 Å². The lowest BCUT2D eigenvalue weighted by atomic mass is 10.0. The summed E-state index contributed by atoms with van der Waals surface area (Å²) in [6, 6.07) is 16.1. The van der Waals surface area contributed by atoms with Gasteiger partial charge in [0, 0.05) is 23.4 Å². The average molecular weight is 492 g/mol. The molecule has 0 N–H and O–H groups in total. The maximum Gasteiger partial charge on any atom is 0.266 e. The third-order valence-corrected chi connectivity index (χ3v) is 6.92. The number of thiocarbonyl (C=S) groups is 1. The van der Waals surface area contributed by atoms with Crippen LogP contribution in [-0.4, -0.2) is 37.6 Å². The first kappa shape index (κ1) is 24.2. The molecule has 2 heterocycles. The molecule has 0 atom stereocenters. The van der Waals surface area contributed by atoms with Crippen molar-refractivity contribution in [3.05, 3.63) is 70.8 Å². The molecular formula is C27H29N3O2S2. The molecule has 0 radical (unpaired) electrons. The van der Waals surface area contributed by atoms with Crippen LogP contribution in [0.25, 0.3) is 23.0 Å². The zero-order valence-corrected chi connectivity index (χ0v) is 21.6. The molecule has 0 saturated carbocycles. The summed E-state index contributed by atoms with van der Waals surface area (Å²) >= 11 is 6.81. The molecular weight excluding hydrogens is 462 g/mol. The van der Waals surface area contributed by atoms with E-state index in [1.54, 1.807) is 4.90 Å². The zero-order valence-electron chi connectivity index (χ0n) is 19.9. The number of hydrogen-bond acceptors (Lipinski definition) is 5. The van der Waals surface area contributed by atoms with Crippen molar-refractivity contribution in [1.82, 2.24) is 14.7 Å². The molecule has 0 spiro atoms. The number of carbonyl (C=O) groups is 1. The Morgan fingerprint density at radius 1 is 1.18 bits per heavy atom. The first-order valence-corrected chi connectivity index (χ1v) is 12.8.